The van der Waals surface area contributed by atoms with Crippen LogP contribution in [0.5, 0.6) is 5.75 Å². The molecule has 0 aliphatic carbocycles. The fourth-order valence-corrected chi connectivity index (χ4v) is 1.41. The van der Waals surface area contributed by atoms with Crippen LogP contribution in [-0.2, 0) is 9.47 Å². The number of benzene rings is 1. The molecule has 1 rings (SSSR count). The Morgan fingerprint density at radius 2 is 1.94 bits per heavy atom. The van der Waals surface area contributed by atoms with Crippen molar-refractivity contribution in [3.8, 4) is 5.75 Å². The van der Waals surface area contributed by atoms with Gasteiger partial charge < -0.3 is 19.5 Å². The summed E-state index contributed by atoms with van der Waals surface area (Å²) in [6, 6.07) is 7.10. The number of nitrogens with one attached hydrogen (secondary N) is 1. The minimum Gasteiger partial charge on any atom is -0.496 e. The molecule has 0 aliphatic rings. The van der Waals surface area contributed by atoms with Gasteiger partial charge in [-0.25, -0.2) is 0 Å². The molecule has 1 aromatic rings. The fourth-order valence-electron chi connectivity index (χ4n) is 1.41. The highest BCUT2D eigenvalue weighted by molar-refractivity contribution is 5.96. The van der Waals surface area contributed by atoms with Gasteiger partial charge in [-0.3, -0.25) is 4.79 Å². The minimum absolute atomic E-state index is 0.164. The molecule has 0 atom stereocenters. The van der Waals surface area contributed by atoms with Crippen molar-refractivity contribution in [2.75, 3.05) is 40.6 Å². The SMILES string of the molecule is COCCOCCNC(=O)c1ccccc1OC. The monoisotopic (exact) mass is 253 g/mol. The van der Waals surface area contributed by atoms with Crippen LogP contribution in [0.3, 0.4) is 0 Å². The van der Waals surface area contributed by atoms with E-state index in [0.29, 0.717) is 37.7 Å². The lowest BCUT2D eigenvalue weighted by atomic mass is 10.2. The van der Waals surface area contributed by atoms with Crippen molar-refractivity contribution in [2.45, 2.75) is 0 Å². The molecule has 0 spiro atoms. The second kappa shape index (κ2) is 8.49. The molecule has 0 saturated carbocycles. The average molecular weight is 253 g/mol. The first kappa shape index (κ1) is 14.5. The topological polar surface area (TPSA) is 56.8 Å². The molecule has 1 amide bonds. The minimum atomic E-state index is -0.164. The highest BCUT2D eigenvalue weighted by atomic mass is 16.5. The zero-order valence-electron chi connectivity index (χ0n) is 10.8. The molecular formula is C13H19NO4. The van der Waals surface area contributed by atoms with Crippen molar-refractivity contribution in [3.63, 3.8) is 0 Å². The van der Waals surface area contributed by atoms with E-state index >= 15 is 0 Å². The predicted octanol–water partition coefficient (Wildman–Crippen LogP) is 1.09. The van der Waals surface area contributed by atoms with E-state index in [1.807, 2.05) is 6.07 Å². The summed E-state index contributed by atoms with van der Waals surface area (Å²) >= 11 is 0. The summed E-state index contributed by atoms with van der Waals surface area (Å²) in [4.78, 5) is 11.8. The van der Waals surface area contributed by atoms with Gasteiger partial charge in [-0.15, -0.1) is 0 Å². The Morgan fingerprint density at radius 3 is 2.67 bits per heavy atom. The van der Waals surface area contributed by atoms with E-state index in [1.54, 1.807) is 32.4 Å². The highest BCUT2D eigenvalue weighted by Crippen LogP contribution is 2.16. The summed E-state index contributed by atoms with van der Waals surface area (Å²) in [5, 5.41) is 2.77. The summed E-state index contributed by atoms with van der Waals surface area (Å²) in [7, 11) is 3.16. The number of carbonyl (C=O) groups is 1. The molecule has 0 saturated heterocycles. The number of hydrogen-bond acceptors (Lipinski definition) is 4. The first-order valence-electron chi connectivity index (χ1n) is 5.77. The van der Waals surface area contributed by atoms with E-state index in [-0.39, 0.29) is 5.91 Å². The van der Waals surface area contributed by atoms with E-state index in [2.05, 4.69) is 5.32 Å². The lowest BCUT2D eigenvalue weighted by Gasteiger charge is -2.09. The molecule has 18 heavy (non-hydrogen) atoms. The van der Waals surface area contributed by atoms with Gasteiger partial charge in [0.25, 0.3) is 5.91 Å². The number of methoxy groups -OCH3 is 2. The van der Waals surface area contributed by atoms with Gasteiger partial charge in [0.1, 0.15) is 5.75 Å². The summed E-state index contributed by atoms with van der Waals surface area (Å²) in [5.41, 5.74) is 0.525. The quantitative estimate of drug-likeness (QED) is 0.705. The van der Waals surface area contributed by atoms with Crippen molar-refractivity contribution >= 4 is 5.91 Å². The normalized spacial score (nSPS) is 10.1. The molecule has 100 valence electrons. The molecule has 0 unspecified atom stereocenters. The summed E-state index contributed by atoms with van der Waals surface area (Å²) < 4.78 is 15.2. The third kappa shape index (κ3) is 4.73. The van der Waals surface area contributed by atoms with Crippen molar-refractivity contribution in [1.29, 1.82) is 0 Å². The Bertz CT molecular complexity index is 368. The third-order valence-electron chi connectivity index (χ3n) is 2.32. The standard InChI is InChI=1S/C13H19NO4/c1-16-9-10-18-8-7-14-13(15)11-5-3-4-6-12(11)17-2/h3-6H,7-10H2,1-2H3,(H,14,15). The number of rotatable bonds is 8. The lowest BCUT2D eigenvalue weighted by Crippen LogP contribution is -2.28. The first-order chi connectivity index (χ1) is 8.79. The van der Waals surface area contributed by atoms with Gasteiger partial charge in [0.15, 0.2) is 0 Å². The van der Waals surface area contributed by atoms with E-state index < -0.39 is 0 Å². The van der Waals surface area contributed by atoms with Crippen LogP contribution < -0.4 is 10.1 Å². The third-order valence-corrected chi connectivity index (χ3v) is 2.32. The van der Waals surface area contributed by atoms with Gasteiger partial charge in [-0.2, -0.15) is 0 Å². The van der Waals surface area contributed by atoms with Gasteiger partial charge in [0.2, 0.25) is 0 Å². The molecule has 0 radical (unpaired) electrons. The molecule has 0 aromatic heterocycles. The van der Waals surface area contributed by atoms with Gasteiger partial charge in [0, 0.05) is 13.7 Å². The molecular weight excluding hydrogens is 234 g/mol. The van der Waals surface area contributed by atoms with Crippen LogP contribution in [0.15, 0.2) is 24.3 Å². The number of ether oxygens (including phenoxy) is 3. The van der Waals surface area contributed by atoms with E-state index in [0.717, 1.165) is 0 Å². The molecule has 0 heterocycles. The van der Waals surface area contributed by atoms with E-state index in [1.165, 1.54) is 0 Å². The summed E-state index contributed by atoms with van der Waals surface area (Å²) in [5.74, 6) is 0.401. The maximum Gasteiger partial charge on any atom is 0.255 e. The Morgan fingerprint density at radius 1 is 1.17 bits per heavy atom. The smallest absolute Gasteiger partial charge is 0.255 e. The summed E-state index contributed by atoms with van der Waals surface area (Å²) in [6.07, 6.45) is 0. The van der Waals surface area contributed by atoms with E-state index in [4.69, 9.17) is 14.2 Å². The largest absolute Gasteiger partial charge is 0.496 e. The lowest BCUT2D eigenvalue weighted by molar-refractivity contribution is 0.0692. The van der Waals surface area contributed by atoms with Gasteiger partial charge in [0.05, 0.1) is 32.5 Å². The molecule has 5 heteroatoms. The average Bonchev–Trinajstić information content (AvgIpc) is 2.42. The van der Waals surface area contributed by atoms with Crippen LogP contribution >= 0.6 is 0 Å². The number of amides is 1. The Kier molecular flexibility index (Phi) is 6.83. The molecule has 0 bridgehead atoms. The van der Waals surface area contributed by atoms with Crippen molar-refractivity contribution in [3.05, 3.63) is 29.8 Å². The first-order valence-corrected chi connectivity index (χ1v) is 5.77. The van der Waals surface area contributed by atoms with Crippen LogP contribution in [0.4, 0.5) is 0 Å². The molecule has 0 aliphatic heterocycles. The van der Waals surface area contributed by atoms with Gasteiger partial charge in [-0.05, 0) is 12.1 Å². The number of hydrogen-bond donors (Lipinski definition) is 1. The fraction of sp³-hybridized carbons (Fsp3) is 0.462. The van der Waals surface area contributed by atoms with Crippen LogP contribution in [0, 0.1) is 0 Å². The highest BCUT2D eigenvalue weighted by Gasteiger charge is 2.10. The maximum atomic E-state index is 11.8. The number of carbonyl (C=O) groups excluding carboxylic acids is 1. The summed E-state index contributed by atoms with van der Waals surface area (Å²) in [6.45, 7) is 2.01. The number of para-hydroxylation sites is 1. The second-order valence-electron chi connectivity index (χ2n) is 3.56. The Balaban J connectivity index is 2.32. The zero-order valence-corrected chi connectivity index (χ0v) is 10.8. The van der Waals surface area contributed by atoms with E-state index in [9.17, 15) is 4.79 Å². The second-order valence-corrected chi connectivity index (χ2v) is 3.56. The van der Waals surface area contributed by atoms with Crippen molar-refractivity contribution < 1.29 is 19.0 Å². The van der Waals surface area contributed by atoms with Gasteiger partial charge in [-0.1, -0.05) is 12.1 Å². The van der Waals surface area contributed by atoms with Crippen molar-refractivity contribution in [1.82, 2.24) is 5.32 Å². The van der Waals surface area contributed by atoms with Crippen LogP contribution in [0.2, 0.25) is 0 Å². The Labute approximate surface area is 107 Å². The molecule has 0 fully saturated rings. The zero-order chi connectivity index (χ0) is 13.2. The molecule has 1 N–H and O–H groups in total. The molecule has 5 nitrogen and oxygen atoms in total. The maximum absolute atomic E-state index is 11.8. The van der Waals surface area contributed by atoms with Crippen LogP contribution in [-0.4, -0.2) is 46.5 Å². The Hall–Kier alpha value is -1.59. The molecule has 1 aromatic carbocycles. The van der Waals surface area contributed by atoms with Crippen LogP contribution in [0.25, 0.3) is 0 Å². The van der Waals surface area contributed by atoms with Gasteiger partial charge >= 0.3 is 0 Å². The van der Waals surface area contributed by atoms with Crippen LogP contribution in [0.1, 0.15) is 10.4 Å². The predicted molar refractivity (Wildman–Crippen MR) is 68.0 cm³/mol. The van der Waals surface area contributed by atoms with Crippen molar-refractivity contribution in [2.24, 2.45) is 0 Å².